The van der Waals surface area contributed by atoms with Gasteiger partial charge in [-0.05, 0) is 84.7 Å². The maximum Gasteiger partial charge on any atom is 0.257 e. The molecule has 0 saturated carbocycles. The first-order valence-corrected chi connectivity index (χ1v) is 10.8. The van der Waals surface area contributed by atoms with E-state index in [1.165, 1.54) is 0 Å². The number of nitrogens with one attached hydrogen (secondary N) is 2. The highest BCUT2D eigenvalue weighted by Crippen LogP contribution is 2.15. The molecular weight excluding hydrogens is 499 g/mol. The molecule has 1 saturated heterocycles. The largest absolute Gasteiger partial charge is 0.336 e. The van der Waals surface area contributed by atoms with Crippen molar-refractivity contribution in [3.63, 3.8) is 0 Å². The Morgan fingerprint density at radius 1 is 1.03 bits per heavy atom. The number of carbonyl (C=O) groups excluding carboxylic acids is 2. The number of aryl methyl sites for hydroxylation is 1. The third kappa shape index (κ3) is 5.74. The van der Waals surface area contributed by atoms with Gasteiger partial charge in [0.2, 0.25) is 0 Å². The first kappa shape index (κ1) is 21.7. The topological polar surface area (TPSA) is 64.7 Å². The molecule has 0 radical (unpaired) electrons. The summed E-state index contributed by atoms with van der Waals surface area (Å²) in [6, 6.07) is 12.7. The molecule has 0 unspecified atom stereocenters. The number of piperazine rings is 1. The van der Waals surface area contributed by atoms with Gasteiger partial charge in [0.1, 0.15) is 0 Å². The average Bonchev–Trinajstić information content (AvgIpc) is 2.70. The van der Waals surface area contributed by atoms with Crippen molar-refractivity contribution in [1.82, 2.24) is 15.1 Å². The summed E-state index contributed by atoms with van der Waals surface area (Å²) in [5, 5.41) is 5.87. The van der Waals surface area contributed by atoms with Crippen LogP contribution in [0.4, 0.5) is 5.69 Å². The van der Waals surface area contributed by atoms with Crippen LogP contribution in [-0.2, 0) is 0 Å². The smallest absolute Gasteiger partial charge is 0.257 e. The van der Waals surface area contributed by atoms with E-state index >= 15 is 0 Å². The molecule has 0 spiro atoms. The van der Waals surface area contributed by atoms with Gasteiger partial charge < -0.3 is 15.1 Å². The quantitative estimate of drug-likeness (QED) is 0.480. The second kappa shape index (κ2) is 9.64. The van der Waals surface area contributed by atoms with Crippen molar-refractivity contribution in [3.8, 4) is 0 Å². The van der Waals surface area contributed by atoms with Crippen LogP contribution in [0.2, 0.25) is 0 Å². The summed E-state index contributed by atoms with van der Waals surface area (Å²) < 4.78 is 1.02. The molecule has 152 valence electrons. The minimum Gasteiger partial charge on any atom is -0.336 e. The molecule has 0 atom stereocenters. The van der Waals surface area contributed by atoms with Crippen molar-refractivity contribution in [2.75, 3.05) is 38.5 Å². The van der Waals surface area contributed by atoms with E-state index in [1.54, 1.807) is 24.3 Å². The lowest BCUT2D eigenvalue weighted by Crippen LogP contribution is -2.47. The van der Waals surface area contributed by atoms with Crippen LogP contribution in [0.15, 0.2) is 42.5 Å². The highest BCUT2D eigenvalue weighted by molar-refractivity contribution is 14.1. The molecule has 2 aromatic carbocycles. The lowest BCUT2D eigenvalue weighted by Gasteiger charge is -2.32. The molecule has 8 heteroatoms. The summed E-state index contributed by atoms with van der Waals surface area (Å²) in [4.78, 5) is 29.2. The summed E-state index contributed by atoms with van der Waals surface area (Å²) in [5.74, 6) is -0.268. The fourth-order valence-electron chi connectivity index (χ4n) is 2.99. The van der Waals surface area contributed by atoms with E-state index in [1.807, 2.05) is 30.0 Å². The van der Waals surface area contributed by atoms with Crippen molar-refractivity contribution in [3.05, 3.63) is 62.7 Å². The van der Waals surface area contributed by atoms with Gasteiger partial charge in [0, 0.05) is 46.6 Å². The Hall–Kier alpha value is -2.04. The minimum atomic E-state index is -0.273. The maximum absolute atomic E-state index is 12.7. The molecule has 1 heterocycles. The second-order valence-electron chi connectivity index (χ2n) is 7.05. The predicted molar refractivity (Wildman–Crippen MR) is 127 cm³/mol. The van der Waals surface area contributed by atoms with Gasteiger partial charge in [0.05, 0.1) is 0 Å². The summed E-state index contributed by atoms with van der Waals surface area (Å²) in [6.07, 6.45) is 0. The molecule has 2 N–H and O–H groups in total. The molecule has 1 fully saturated rings. The molecule has 0 bridgehead atoms. The number of carbonyl (C=O) groups is 2. The molecule has 2 aromatic rings. The zero-order valence-electron chi connectivity index (χ0n) is 16.4. The Morgan fingerprint density at radius 2 is 1.76 bits per heavy atom. The Labute approximate surface area is 189 Å². The van der Waals surface area contributed by atoms with Gasteiger partial charge in [-0.15, -0.1) is 0 Å². The first-order valence-electron chi connectivity index (χ1n) is 9.30. The number of amides is 2. The average molecular weight is 522 g/mol. The maximum atomic E-state index is 12.7. The normalized spacial score (nSPS) is 14.4. The number of nitrogens with zero attached hydrogens (tertiary/aromatic N) is 2. The van der Waals surface area contributed by atoms with Gasteiger partial charge in [-0.2, -0.15) is 0 Å². The molecular formula is C21H23IN4O2S. The molecule has 1 aliphatic rings. The van der Waals surface area contributed by atoms with E-state index in [2.05, 4.69) is 45.2 Å². The zero-order valence-corrected chi connectivity index (χ0v) is 19.3. The van der Waals surface area contributed by atoms with Gasteiger partial charge in [-0.25, -0.2) is 0 Å². The van der Waals surface area contributed by atoms with Crippen molar-refractivity contribution in [2.45, 2.75) is 6.92 Å². The lowest BCUT2D eigenvalue weighted by molar-refractivity contribution is 0.0664. The SMILES string of the molecule is Cc1ccc(C(=O)NC(=S)Nc2cccc(C(=O)N3CCN(C)CC3)c2)cc1I. The van der Waals surface area contributed by atoms with E-state index in [0.29, 0.717) is 16.8 Å². The van der Waals surface area contributed by atoms with Crippen LogP contribution in [0.3, 0.4) is 0 Å². The Balaban J connectivity index is 1.62. The standard InChI is InChI=1S/C21H23IN4O2S/c1-14-6-7-15(13-18(14)22)19(27)24-21(29)23-17-5-3-4-16(12-17)20(28)26-10-8-25(2)9-11-26/h3-7,12-13H,8-11H2,1-2H3,(H2,23,24,27,29). The van der Waals surface area contributed by atoms with E-state index < -0.39 is 0 Å². The Bertz CT molecular complexity index is 942. The van der Waals surface area contributed by atoms with Crippen molar-refractivity contribution in [2.24, 2.45) is 0 Å². The van der Waals surface area contributed by atoms with Gasteiger partial charge in [0.15, 0.2) is 5.11 Å². The molecule has 0 aliphatic carbocycles. The molecule has 3 rings (SSSR count). The van der Waals surface area contributed by atoms with Crippen LogP contribution in [0.1, 0.15) is 26.3 Å². The highest BCUT2D eigenvalue weighted by Gasteiger charge is 2.20. The zero-order chi connectivity index (χ0) is 21.0. The number of thiocarbonyl (C=S) groups is 1. The van der Waals surface area contributed by atoms with Crippen LogP contribution < -0.4 is 10.6 Å². The van der Waals surface area contributed by atoms with Crippen molar-refractivity contribution < 1.29 is 9.59 Å². The van der Waals surface area contributed by atoms with Crippen LogP contribution >= 0.6 is 34.8 Å². The minimum absolute atomic E-state index is 0.00549. The van der Waals surface area contributed by atoms with Crippen LogP contribution in [0, 0.1) is 10.5 Å². The fraction of sp³-hybridized carbons (Fsp3) is 0.286. The number of halogens is 1. The summed E-state index contributed by atoms with van der Waals surface area (Å²) in [6.45, 7) is 5.18. The van der Waals surface area contributed by atoms with E-state index in [9.17, 15) is 9.59 Å². The Morgan fingerprint density at radius 3 is 2.45 bits per heavy atom. The van der Waals surface area contributed by atoms with E-state index in [4.69, 9.17) is 12.2 Å². The molecule has 0 aromatic heterocycles. The number of likely N-dealkylation sites (N-methyl/N-ethyl adjacent to an activating group) is 1. The van der Waals surface area contributed by atoms with Gasteiger partial charge in [0.25, 0.3) is 11.8 Å². The fourth-order valence-corrected chi connectivity index (χ4v) is 3.72. The molecule has 2 amide bonds. The third-order valence-corrected chi connectivity index (χ3v) is 6.19. The first-order chi connectivity index (χ1) is 13.8. The summed E-state index contributed by atoms with van der Waals surface area (Å²) in [7, 11) is 2.05. The van der Waals surface area contributed by atoms with Crippen molar-refractivity contribution >= 4 is 57.4 Å². The highest BCUT2D eigenvalue weighted by atomic mass is 127. The number of rotatable bonds is 3. The number of hydrogen-bond donors (Lipinski definition) is 2. The van der Waals surface area contributed by atoms with Gasteiger partial charge >= 0.3 is 0 Å². The van der Waals surface area contributed by atoms with Gasteiger partial charge in [-0.1, -0.05) is 12.1 Å². The predicted octanol–water partition coefficient (Wildman–Crippen LogP) is 3.11. The monoisotopic (exact) mass is 522 g/mol. The lowest BCUT2D eigenvalue weighted by atomic mass is 10.1. The Kier molecular flexibility index (Phi) is 7.20. The summed E-state index contributed by atoms with van der Waals surface area (Å²) in [5.41, 5.74) is 2.92. The van der Waals surface area contributed by atoms with Crippen LogP contribution in [0.5, 0.6) is 0 Å². The summed E-state index contributed by atoms with van der Waals surface area (Å²) >= 11 is 7.47. The third-order valence-electron chi connectivity index (χ3n) is 4.82. The second-order valence-corrected chi connectivity index (χ2v) is 8.62. The van der Waals surface area contributed by atoms with E-state index in [0.717, 1.165) is 35.3 Å². The van der Waals surface area contributed by atoms with Crippen LogP contribution in [-0.4, -0.2) is 60.0 Å². The molecule has 6 nitrogen and oxygen atoms in total. The van der Waals surface area contributed by atoms with Gasteiger partial charge in [-0.3, -0.25) is 14.9 Å². The molecule has 1 aliphatic heterocycles. The number of anilines is 1. The van der Waals surface area contributed by atoms with Crippen LogP contribution in [0.25, 0.3) is 0 Å². The van der Waals surface area contributed by atoms with E-state index in [-0.39, 0.29) is 16.9 Å². The number of benzene rings is 2. The molecule has 29 heavy (non-hydrogen) atoms. The number of hydrogen-bond acceptors (Lipinski definition) is 4. The van der Waals surface area contributed by atoms with Crippen molar-refractivity contribution in [1.29, 1.82) is 0 Å².